The lowest BCUT2D eigenvalue weighted by Crippen LogP contribution is -2.35. The third-order valence-electron chi connectivity index (χ3n) is 4.03. The summed E-state index contributed by atoms with van der Waals surface area (Å²) < 4.78 is 0. The van der Waals surface area contributed by atoms with Gasteiger partial charge in [0, 0.05) is 25.0 Å². The summed E-state index contributed by atoms with van der Waals surface area (Å²) >= 11 is 1.79. The fraction of sp³-hybridized carbons (Fsp3) is 0.800. The average Bonchev–Trinajstić information content (AvgIpc) is 2.87. The van der Waals surface area contributed by atoms with Crippen molar-refractivity contribution in [1.82, 2.24) is 10.3 Å². The molecule has 2 atom stereocenters. The molecular formula is C15H27N3S. The highest BCUT2D eigenvalue weighted by Gasteiger charge is 2.23. The third-order valence-corrected chi connectivity index (χ3v) is 5.01. The summed E-state index contributed by atoms with van der Waals surface area (Å²) in [7, 11) is 2.21. The van der Waals surface area contributed by atoms with Crippen molar-refractivity contribution < 1.29 is 0 Å². The van der Waals surface area contributed by atoms with Crippen molar-refractivity contribution in [3.8, 4) is 0 Å². The van der Waals surface area contributed by atoms with Crippen molar-refractivity contribution in [3.05, 3.63) is 11.1 Å². The van der Waals surface area contributed by atoms with Crippen LogP contribution in [0.4, 0.5) is 5.13 Å². The van der Waals surface area contributed by atoms with Gasteiger partial charge in [-0.1, -0.05) is 26.7 Å². The molecule has 1 aliphatic rings. The smallest absolute Gasteiger partial charge is 0.185 e. The van der Waals surface area contributed by atoms with Crippen LogP contribution in [0.25, 0.3) is 0 Å². The molecular weight excluding hydrogens is 254 g/mol. The molecule has 1 N–H and O–H groups in total. The van der Waals surface area contributed by atoms with E-state index in [0.29, 0.717) is 6.04 Å². The number of rotatable bonds is 6. The fourth-order valence-electron chi connectivity index (χ4n) is 2.84. The van der Waals surface area contributed by atoms with Gasteiger partial charge in [0.25, 0.3) is 0 Å². The van der Waals surface area contributed by atoms with E-state index >= 15 is 0 Å². The number of anilines is 1. The Labute approximate surface area is 121 Å². The predicted molar refractivity (Wildman–Crippen MR) is 83.9 cm³/mol. The molecule has 4 heteroatoms. The Morgan fingerprint density at radius 1 is 1.47 bits per heavy atom. The molecule has 19 heavy (non-hydrogen) atoms. The number of hydrogen-bond acceptors (Lipinski definition) is 4. The van der Waals surface area contributed by atoms with Crippen molar-refractivity contribution in [2.24, 2.45) is 5.92 Å². The van der Waals surface area contributed by atoms with Gasteiger partial charge < -0.3 is 10.2 Å². The summed E-state index contributed by atoms with van der Waals surface area (Å²) in [6.07, 6.45) is 6.58. The molecule has 0 amide bonds. The zero-order valence-corrected chi connectivity index (χ0v) is 13.3. The number of nitrogens with one attached hydrogen (secondary N) is 1. The molecule has 108 valence electrons. The second-order valence-corrected chi connectivity index (χ2v) is 6.67. The Kier molecular flexibility index (Phi) is 5.64. The van der Waals surface area contributed by atoms with Gasteiger partial charge in [-0.3, -0.25) is 0 Å². The van der Waals surface area contributed by atoms with E-state index < -0.39 is 0 Å². The van der Waals surface area contributed by atoms with Crippen molar-refractivity contribution in [2.75, 3.05) is 18.5 Å². The van der Waals surface area contributed by atoms with Crippen molar-refractivity contribution in [1.29, 1.82) is 0 Å². The van der Waals surface area contributed by atoms with Crippen LogP contribution >= 0.6 is 11.3 Å². The zero-order chi connectivity index (χ0) is 13.7. The minimum Gasteiger partial charge on any atom is -0.348 e. The molecule has 2 unspecified atom stereocenters. The molecule has 1 saturated carbocycles. The quantitative estimate of drug-likeness (QED) is 0.807. The van der Waals surface area contributed by atoms with Crippen LogP contribution in [-0.2, 0) is 6.54 Å². The first-order valence-electron chi connectivity index (χ1n) is 7.58. The van der Waals surface area contributed by atoms with Gasteiger partial charge in [0.05, 0.1) is 5.69 Å². The van der Waals surface area contributed by atoms with Crippen LogP contribution in [0.5, 0.6) is 0 Å². The zero-order valence-electron chi connectivity index (χ0n) is 12.5. The largest absolute Gasteiger partial charge is 0.348 e. The monoisotopic (exact) mass is 281 g/mol. The maximum Gasteiger partial charge on any atom is 0.185 e. The van der Waals surface area contributed by atoms with Crippen molar-refractivity contribution in [3.63, 3.8) is 0 Å². The maximum absolute atomic E-state index is 4.76. The third kappa shape index (κ3) is 4.18. The van der Waals surface area contributed by atoms with Gasteiger partial charge in [-0.25, -0.2) is 4.98 Å². The van der Waals surface area contributed by atoms with Crippen molar-refractivity contribution in [2.45, 2.75) is 58.5 Å². The Balaban J connectivity index is 1.89. The van der Waals surface area contributed by atoms with E-state index in [1.807, 2.05) is 0 Å². The highest BCUT2D eigenvalue weighted by molar-refractivity contribution is 7.13. The van der Waals surface area contributed by atoms with Crippen LogP contribution in [0.15, 0.2) is 5.38 Å². The second-order valence-electron chi connectivity index (χ2n) is 5.83. The summed E-state index contributed by atoms with van der Waals surface area (Å²) in [4.78, 5) is 7.17. The summed E-state index contributed by atoms with van der Waals surface area (Å²) in [5.74, 6) is 0.867. The lowest BCUT2D eigenvalue weighted by Gasteiger charge is -2.33. The fourth-order valence-corrected chi connectivity index (χ4v) is 3.71. The molecule has 2 rings (SSSR count). The Hall–Kier alpha value is -0.610. The topological polar surface area (TPSA) is 28.2 Å². The lowest BCUT2D eigenvalue weighted by atomic mass is 9.86. The molecule has 0 aromatic carbocycles. The Morgan fingerprint density at radius 2 is 2.32 bits per heavy atom. The van der Waals surface area contributed by atoms with Crippen molar-refractivity contribution >= 4 is 16.5 Å². The van der Waals surface area contributed by atoms with Crippen LogP contribution in [0.3, 0.4) is 0 Å². The molecule has 0 saturated heterocycles. The van der Waals surface area contributed by atoms with Gasteiger partial charge in [-0.15, -0.1) is 11.3 Å². The van der Waals surface area contributed by atoms with E-state index in [-0.39, 0.29) is 0 Å². The van der Waals surface area contributed by atoms with Crippen LogP contribution in [0.1, 0.15) is 51.6 Å². The van der Waals surface area contributed by atoms with Gasteiger partial charge in [0.15, 0.2) is 5.13 Å². The summed E-state index contributed by atoms with van der Waals surface area (Å²) in [6.45, 7) is 6.54. The molecule has 3 nitrogen and oxygen atoms in total. The van der Waals surface area contributed by atoms with E-state index in [0.717, 1.165) is 19.0 Å². The lowest BCUT2D eigenvalue weighted by molar-refractivity contribution is 0.336. The number of aromatic nitrogens is 1. The Morgan fingerprint density at radius 3 is 3.05 bits per heavy atom. The van der Waals surface area contributed by atoms with Crippen LogP contribution in [0.2, 0.25) is 0 Å². The van der Waals surface area contributed by atoms with Gasteiger partial charge in [-0.2, -0.15) is 0 Å². The van der Waals surface area contributed by atoms with E-state index in [9.17, 15) is 0 Å². The maximum atomic E-state index is 4.76. The van der Waals surface area contributed by atoms with E-state index in [2.05, 4.69) is 36.5 Å². The molecule has 1 fully saturated rings. The molecule has 1 heterocycles. The number of thiazole rings is 1. The van der Waals surface area contributed by atoms with Gasteiger partial charge in [-0.05, 0) is 31.7 Å². The molecule has 0 bridgehead atoms. The minimum absolute atomic E-state index is 0.686. The Bertz CT molecular complexity index is 377. The SMILES string of the molecule is CCCNCc1csc(N(C)C2CCCC(C)C2)n1. The summed E-state index contributed by atoms with van der Waals surface area (Å²) in [6, 6.07) is 0.686. The molecule has 1 aliphatic carbocycles. The molecule has 0 spiro atoms. The predicted octanol–water partition coefficient (Wildman–Crippen LogP) is 3.66. The molecule has 1 aromatic rings. The van der Waals surface area contributed by atoms with E-state index in [1.165, 1.54) is 42.9 Å². The van der Waals surface area contributed by atoms with E-state index in [1.54, 1.807) is 11.3 Å². The summed E-state index contributed by atoms with van der Waals surface area (Å²) in [5.41, 5.74) is 1.18. The number of nitrogens with zero attached hydrogens (tertiary/aromatic N) is 2. The van der Waals surface area contributed by atoms with Crippen LogP contribution < -0.4 is 10.2 Å². The van der Waals surface area contributed by atoms with Gasteiger partial charge in [0.1, 0.15) is 0 Å². The first kappa shape index (κ1) is 14.8. The highest BCUT2D eigenvalue weighted by Crippen LogP contribution is 2.30. The van der Waals surface area contributed by atoms with Gasteiger partial charge >= 0.3 is 0 Å². The standard InChI is InChI=1S/C15H27N3S/c1-4-8-16-10-13-11-19-15(17-13)18(3)14-7-5-6-12(2)9-14/h11-12,14,16H,4-10H2,1-3H3. The highest BCUT2D eigenvalue weighted by atomic mass is 32.1. The minimum atomic E-state index is 0.686. The van der Waals surface area contributed by atoms with E-state index in [4.69, 9.17) is 4.98 Å². The molecule has 0 aliphatic heterocycles. The summed E-state index contributed by atoms with van der Waals surface area (Å²) in [5, 5.41) is 6.80. The molecule has 1 aromatic heterocycles. The first-order valence-corrected chi connectivity index (χ1v) is 8.46. The normalized spacial score (nSPS) is 23.5. The average molecular weight is 281 g/mol. The van der Waals surface area contributed by atoms with Crippen LogP contribution in [-0.4, -0.2) is 24.6 Å². The second kappa shape index (κ2) is 7.25. The molecule has 0 radical (unpaired) electrons. The number of hydrogen-bond donors (Lipinski definition) is 1. The first-order chi connectivity index (χ1) is 9.20. The van der Waals surface area contributed by atoms with Crippen LogP contribution in [0, 0.1) is 5.92 Å². The van der Waals surface area contributed by atoms with Gasteiger partial charge in [0.2, 0.25) is 0 Å².